The van der Waals surface area contributed by atoms with Gasteiger partial charge in [-0.05, 0) is 20.8 Å². The second-order valence-electron chi connectivity index (χ2n) is 6.12. The maximum atomic E-state index is 12.3. The highest BCUT2D eigenvalue weighted by molar-refractivity contribution is 6.03. The molecule has 1 aromatic heterocycles. The number of nitrogens with one attached hydrogen (secondary N) is 2. The van der Waals surface area contributed by atoms with E-state index < -0.39 is 17.6 Å². The number of esters is 1. The number of anilines is 2. The molecule has 0 aromatic carbocycles. The van der Waals surface area contributed by atoms with Crippen molar-refractivity contribution in [3.8, 4) is 0 Å². The van der Waals surface area contributed by atoms with Gasteiger partial charge in [-0.15, -0.1) is 0 Å². The molecule has 0 radical (unpaired) electrons. The number of urea groups is 1. The number of hydrogen-bond acceptors (Lipinski definition) is 5. The highest BCUT2D eigenvalue weighted by Crippen LogP contribution is 2.25. The lowest BCUT2D eigenvalue weighted by atomic mass is 10.2. The van der Waals surface area contributed by atoms with Crippen LogP contribution < -0.4 is 15.5 Å². The van der Waals surface area contributed by atoms with Crippen LogP contribution in [0.5, 0.6) is 0 Å². The summed E-state index contributed by atoms with van der Waals surface area (Å²) in [6.07, 6.45) is -0.333. The number of rotatable bonds is 3. The van der Waals surface area contributed by atoms with Crippen LogP contribution in [0.4, 0.5) is 16.4 Å². The molecule has 2 N–H and O–H groups in total. The minimum Gasteiger partial charge on any atom is -0.460 e. The molecule has 2 rings (SSSR count). The zero-order chi connectivity index (χ0) is 17.2. The van der Waals surface area contributed by atoms with Crippen LogP contribution in [0.1, 0.15) is 27.2 Å². The molecule has 3 amide bonds. The summed E-state index contributed by atoms with van der Waals surface area (Å²) in [7, 11) is 1.50. The van der Waals surface area contributed by atoms with Crippen molar-refractivity contribution in [3.05, 3.63) is 6.07 Å². The Hall–Kier alpha value is -2.58. The van der Waals surface area contributed by atoms with E-state index in [4.69, 9.17) is 4.74 Å². The number of amides is 3. The summed E-state index contributed by atoms with van der Waals surface area (Å²) in [5.41, 5.74) is -0.630. The fraction of sp³-hybridized carbons (Fsp3) is 0.571. The van der Waals surface area contributed by atoms with Gasteiger partial charge in [0.1, 0.15) is 17.8 Å². The van der Waals surface area contributed by atoms with Gasteiger partial charge >= 0.3 is 12.0 Å². The number of carbonyl (C=O) groups is 3. The Bertz CT molecular complexity index is 632. The van der Waals surface area contributed by atoms with Gasteiger partial charge in [-0.3, -0.25) is 19.8 Å². The molecule has 0 spiro atoms. The van der Waals surface area contributed by atoms with Crippen molar-refractivity contribution in [2.75, 3.05) is 23.8 Å². The summed E-state index contributed by atoms with van der Waals surface area (Å²) in [6, 6.07) is 1.20. The highest BCUT2D eigenvalue weighted by atomic mass is 16.6. The van der Waals surface area contributed by atoms with Crippen LogP contribution >= 0.6 is 0 Å². The fourth-order valence-electron chi connectivity index (χ4n) is 2.19. The molecule has 0 bridgehead atoms. The molecule has 23 heavy (non-hydrogen) atoms. The van der Waals surface area contributed by atoms with Gasteiger partial charge in [0.05, 0.1) is 6.54 Å². The van der Waals surface area contributed by atoms with Crippen molar-refractivity contribution in [1.29, 1.82) is 0 Å². The Kier molecular flexibility index (Phi) is 4.57. The van der Waals surface area contributed by atoms with E-state index in [-0.39, 0.29) is 12.3 Å². The second kappa shape index (κ2) is 6.27. The number of hydrogen-bond donors (Lipinski definition) is 2. The first-order valence-corrected chi connectivity index (χ1v) is 7.28. The number of carbonyl (C=O) groups excluding carboxylic acids is 3. The average molecular weight is 323 g/mol. The Balaban J connectivity index is 2.02. The molecular weight excluding hydrogens is 302 g/mol. The molecule has 9 nitrogen and oxygen atoms in total. The lowest BCUT2D eigenvalue weighted by Gasteiger charge is -2.20. The van der Waals surface area contributed by atoms with Gasteiger partial charge < -0.3 is 10.1 Å². The summed E-state index contributed by atoms with van der Waals surface area (Å²) in [4.78, 5) is 36.8. The third-order valence-electron chi connectivity index (χ3n) is 3.06. The minimum absolute atomic E-state index is 0.333. The van der Waals surface area contributed by atoms with Crippen LogP contribution in [0, 0.1) is 0 Å². The van der Waals surface area contributed by atoms with Gasteiger partial charge in [0, 0.05) is 19.7 Å². The summed E-state index contributed by atoms with van der Waals surface area (Å²) in [5.74, 6) is -0.0346. The first kappa shape index (κ1) is 16.8. The smallest absolute Gasteiger partial charge is 0.320 e. The normalized spacial score (nSPS) is 13.5. The zero-order valence-electron chi connectivity index (χ0n) is 13.7. The van der Waals surface area contributed by atoms with Crippen molar-refractivity contribution in [3.63, 3.8) is 0 Å². The monoisotopic (exact) mass is 323 g/mol. The van der Waals surface area contributed by atoms with E-state index >= 15 is 0 Å². The minimum atomic E-state index is -0.630. The molecule has 0 saturated carbocycles. The van der Waals surface area contributed by atoms with Gasteiger partial charge in [0.25, 0.3) is 0 Å². The van der Waals surface area contributed by atoms with E-state index in [1.807, 2.05) is 0 Å². The Labute approximate surface area is 134 Å². The highest BCUT2D eigenvalue weighted by Gasteiger charge is 2.29. The van der Waals surface area contributed by atoms with Crippen molar-refractivity contribution in [1.82, 2.24) is 15.1 Å². The first-order chi connectivity index (χ1) is 10.7. The Morgan fingerprint density at radius 2 is 2.00 bits per heavy atom. The first-order valence-electron chi connectivity index (χ1n) is 7.28. The molecule has 1 aliphatic heterocycles. The van der Waals surface area contributed by atoms with Crippen LogP contribution in [0.3, 0.4) is 0 Å². The Morgan fingerprint density at radius 1 is 1.30 bits per heavy atom. The second-order valence-corrected chi connectivity index (χ2v) is 6.12. The maximum Gasteiger partial charge on any atom is 0.320 e. The van der Waals surface area contributed by atoms with E-state index in [9.17, 15) is 14.4 Å². The van der Waals surface area contributed by atoms with Crippen LogP contribution in [-0.2, 0) is 20.9 Å². The molecule has 0 saturated heterocycles. The van der Waals surface area contributed by atoms with Crippen LogP contribution in [0.15, 0.2) is 6.07 Å². The van der Waals surface area contributed by atoms with E-state index in [1.54, 1.807) is 31.5 Å². The Morgan fingerprint density at radius 3 is 2.61 bits per heavy atom. The number of aromatic nitrogens is 2. The summed E-state index contributed by atoms with van der Waals surface area (Å²) in [5, 5.41) is 9.14. The average Bonchev–Trinajstić information content (AvgIpc) is 2.95. The lowest BCUT2D eigenvalue weighted by Crippen LogP contribution is -2.33. The van der Waals surface area contributed by atoms with Crippen molar-refractivity contribution in [2.45, 2.75) is 39.3 Å². The van der Waals surface area contributed by atoms with Crippen molar-refractivity contribution < 1.29 is 19.1 Å². The fourth-order valence-corrected chi connectivity index (χ4v) is 2.19. The maximum absolute atomic E-state index is 12.3. The summed E-state index contributed by atoms with van der Waals surface area (Å²) >= 11 is 0. The van der Waals surface area contributed by atoms with Gasteiger partial charge in [0.15, 0.2) is 5.82 Å². The molecule has 0 fully saturated rings. The van der Waals surface area contributed by atoms with Crippen LogP contribution in [-0.4, -0.2) is 46.9 Å². The zero-order valence-corrected chi connectivity index (χ0v) is 13.7. The van der Waals surface area contributed by atoms with Crippen LogP contribution in [0.2, 0.25) is 0 Å². The van der Waals surface area contributed by atoms with Gasteiger partial charge in [-0.1, -0.05) is 0 Å². The van der Waals surface area contributed by atoms with E-state index in [0.717, 1.165) is 0 Å². The molecule has 2 heterocycles. The van der Waals surface area contributed by atoms with E-state index in [1.165, 1.54) is 11.9 Å². The predicted molar refractivity (Wildman–Crippen MR) is 83.1 cm³/mol. The predicted octanol–water partition coefficient (Wildman–Crippen LogP) is 0.713. The largest absolute Gasteiger partial charge is 0.460 e. The quantitative estimate of drug-likeness (QED) is 0.629. The van der Waals surface area contributed by atoms with Gasteiger partial charge in [-0.25, -0.2) is 9.48 Å². The molecule has 1 aliphatic rings. The standard InChI is InChI=1S/C14H21N5O4/c1-14(2,3)23-12(21)8-11(20)18-5-6-19-10(18)7-9(17-19)16-13(22)15-4/h7H,5-6,8H2,1-4H3,(H2,15,16,17,22). The van der Waals surface area contributed by atoms with E-state index in [2.05, 4.69) is 15.7 Å². The number of ether oxygens (including phenoxy) is 1. The molecule has 1 aromatic rings. The van der Waals surface area contributed by atoms with Crippen LogP contribution in [0.25, 0.3) is 0 Å². The lowest BCUT2D eigenvalue weighted by molar-refractivity contribution is -0.156. The van der Waals surface area contributed by atoms with Gasteiger partial charge in [0.2, 0.25) is 5.91 Å². The molecule has 126 valence electrons. The van der Waals surface area contributed by atoms with Gasteiger partial charge in [-0.2, -0.15) is 5.10 Å². The molecule has 0 aliphatic carbocycles. The summed E-state index contributed by atoms with van der Waals surface area (Å²) in [6.45, 7) is 6.18. The molecular formula is C14H21N5O4. The third kappa shape index (κ3) is 4.21. The third-order valence-corrected chi connectivity index (χ3v) is 3.06. The molecule has 9 heteroatoms. The number of nitrogens with zero attached hydrogens (tertiary/aromatic N) is 3. The molecule has 0 atom stereocenters. The van der Waals surface area contributed by atoms with Crippen molar-refractivity contribution >= 4 is 29.5 Å². The SMILES string of the molecule is CNC(=O)Nc1cc2n(n1)CCN2C(=O)CC(=O)OC(C)(C)C. The van der Waals surface area contributed by atoms with E-state index in [0.29, 0.717) is 24.7 Å². The van der Waals surface area contributed by atoms with Crippen molar-refractivity contribution in [2.24, 2.45) is 0 Å². The molecule has 0 unspecified atom stereocenters. The number of fused-ring (bicyclic) bond motifs is 1. The summed E-state index contributed by atoms with van der Waals surface area (Å²) < 4.78 is 6.76. The topological polar surface area (TPSA) is 106 Å².